The molecule has 25 heavy (non-hydrogen) atoms. The van der Waals surface area contributed by atoms with E-state index in [1.54, 1.807) is 6.92 Å². The van der Waals surface area contributed by atoms with Crippen molar-refractivity contribution in [2.75, 3.05) is 0 Å². The Labute approximate surface area is 149 Å². The summed E-state index contributed by atoms with van der Waals surface area (Å²) in [6, 6.07) is 15.6. The van der Waals surface area contributed by atoms with Gasteiger partial charge in [-0.15, -0.1) is 0 Å². The molecule has 0 bridgehead atoms. The second-order valence-corrected chi connectivity index (χ2v) is 5.89. The monoisotopic (exact) mass is 336 g/mol. The van der Waals surface area contributed by atoms with Gasteiger partial charge in [-0.25, -0.2) is 9.78 Å². The summed E-state index contributed by atoms with van der Waals surface area (Å²) in [5, 5.41) is 2.86. The summed E-state index contributed by atoms with van der Waals surface area (Å²) in [5.41, 5.74) is 2.81. The fraction of sp³-hybridized carbons (Fsp3) is 0.333. The minimum atomic E-state index is -0.380. The van der Waals surface area contributed by atoms with Crippen LogP contribution in [-0.2, 0) is 17.8 Å². The van der Waals surface area contributed by atoms with Crippen molar-refractivity contribution in [2.45, 2.75) is 45.8 Å². The third kappa shape index (κ3) is 7.09. The number of carbonyl (C=O) groups excluding carboxylic acids is 1. The summed E-state index contributed by atoms with van der Waals surface area (Å²) in [7, 11) is 0. The lowest BCUT2D eigenvalue weighted by Gasteiger charge is -2.14. The number of hydrogen-bond donors (Lipinski definition) is 1. The van der Waals surface area contributed by atoms with E-state index in [-0.39, 0.29) is 18.7 Å². The molecule has 130 valence electrons. The van der Waals surface area contributed by atoms with E-state index in [4.69, 9.17) is 4.74 Å². The van der Waals surface area contributed by atoms with Crippen LogP contribution in [0, 0.1) is 11.8 Å². The molecule has 4 heteroatoms. The number of nitrogens with zero attached hydrogens (tertiary/aromatic N) is 1. The molecule has 0 aliphatic rings. The normalized spacial score (nSPS) is 11.1. The molecule has 1 aromatic carbocycles. The first kappa shape index (κ1) is 18.5. The molecule has 2 rings (SSSR count). The van der Waals surface area contributed by atoms with Crippen LogP contribution < -0.4 is 5.32 Å². The number of rotatable bonds is 7. The Morgan fingerprint density at radius 3 is 2.76 bits per heavy atom. The molecule has 0 saturated carbocycles. The number of aromatic nitrogens is 1. The summed E-state index contributed by atoms with van der Waals surface area (Å²) in [5.74, 6) is 5.82. The van der Waals surface area contributed by atoms with Gasteiger partial charge in [0, 0.05) is 11.7 Å². The van der Waals surface area contributed by atoms with Gasteiger partial charge in [-0.3, -0.25) is 0 Å². The van der Waals surface area contributed by atoms with E-state index in [2.05, 4.69) is 22.1 Å². The molecule has 0 radical (unpaired) electrons. The molecule has 1 atom stereocenters. The summed E-state index contributed by atoms with van der Waals surface area (Å²) < 4.78 is 5.23. The number of nitrogens with one attached hydrogen (secondary N) is 1. The first-order valence-corrected chi connectivity index (χ1v) is 8.53. The zero-order valence-corrected chi connectivity index (χ0v) is 14.8. The molecule has 0 saturated heterocycles. The fourth-order valence-electron chi connectivity index (χ4n) is 2.44. The third-order valence-electron chi connectivity index (χ3n) is 3.71. The lowest BCUT2D eigenvalue weighted by Crippen LogP contribution is -2.33. The van der Waals surface area contributed by atoms with Crippen LogP contribution in [0.5, 0.6) is 0 Å². The van der Waals surface area contributed by atoms with E-state index in [1.807, 2.05) is 55.5 Å². The summed E-state index contributed by atoms with van der Waals surface area (Å²) in [6.45, 7) is 4.07. The van der Waals surface area contributed by atoms with Crippen LogP contribution >= 0.6 is 0 Å². The molecular weight excluding hydrogens is 312 g/mol. The number of amides is 1. The van der Waals surface area contributed by atoms with Crippen LogP contribution in [0.4, 0.5) is 4.79 Å². The van der Waals surface area contributed by atoms with Crippen LogP contribution in [0.1, 0.15) is 43.6 Å². The van der Waals surface area contributed by atoms with E-state index in [0.717, 1.165) is 36.2 Å². The lowest BCUT2D eigenvalue weighted by molar-refractivity contribution is 0.136. The number of hydrogen-bond acceptors (Lipinski definition) is 3. The number of aryl methyl sites for hydroxylation is 1. The highest BCUT2D eigenvalue weighted by Crippen LogP contribution is 2.06. The lowest BCUT2D eigenvalue weighted by atomic mass is 10.1. The average molecular weight is 336 g/mol. The van der Waals surface area contributed by atoms with E-state index >= 15 is 0 Å². The smallest absolute Gasteiger partial charge is 0.407 e. The maximum Gasteiger partial charge on any atom is 0.407 e. The van der Waals surface area contributed by atoms with Crippen molar-refractivity contribution in [1.29, 1.82) is 0 Å². The minimum Gasteiger partial charge on any atom is -0.445 e. The van der Waals surface area contributed by atoms with Crippen LogP contribution in [0.15, 0.2) is 48.5 Å². The molecule has 1 heterocycles. The number of benzene rings is 1. The van der Waals surface area contributed by atoms with Gasteiger partial charge in [0.25, 0.3) is 0 Å². The molecule has 1 amide bonds. The van der Waals surface area contributed by atoms with E-state index < -0.39 is 0 Å². The van der Waals surface area contributed by atoms with Crippen LogP contribution in [-0.4, -0.2) is 17.1 Å². The number of carbonyl (C=O) groups is 1. The highest BCUT2D eigenvalue weighted by atomic mass is 16.5. The van der Waals surface area contributed by atoms with Gasteiger partial charge in [0.05, 0.1) is 0 Å². The molecule has 0 aliphatic heterocycles. The number of pyridine rings is 1. The largest absolute Gasteiger partial charge is 0.445 e. The third-order valence-corrected chi connectivity index (χ3v) is 3.71. The highest BCUT2D eigenvalue weighted by Gasteiger charge is 2.08. The van der Waals surface area contributed by atoms with Crippen molar-refractivity contribution >= 4 is 6.09 Å². The van der Waals surface area contributed by atoms with Crippen molar-refractivity contribution in [3.8, 4) is 11.8 Å². The van der Waals surface area contributed by atoms with Gasteiger partial charge in [0.1, 0.15) is 12.3 Å². The van der Waals surface area contributed by atoms with E-state index in [9.17, 15) is 4.79 Å². The van der Waals surface area contributed by atoms with Gasteiger partial charge in [-0.1, -0.05) is 42.3 Å². The van der Waals surface area contributed by atoms with Crippen LogP contribution in [0.3, 0.4) is 0 Å². The van der Waals surface area contributed by atoms with Crippen molar-refractivity contribution in [2.24, 2.45) is 0 Å². The molecular formula is C21H24N2O2. The molecule has 1 N–H and O–H groups in total. The molecule has 0 fully saturated rings. The first-order valence-electron chi connectivity index (χ1n) is 8.53. The fourth-order valence-corrected chi connectivity index (χ4v) is 2.44. The van der Waals surface area contributed by atoms with Gasteiger partial charge in [-0.2, -0.15) is 0 Å². The maximum atomic E-state index is 11.8. The second-order valence-electron chi connectivity index (χ2n) is 5.89. The number of alkyl carbamates (subject to hydrolysis) is 1. The highest BCUT2D eigenvalue weighted by molar-refractivity contribution is 5.67. The van der Waals surface area contributed by atoms with Gasteiger partial charge in [0.15, 0.2) is 0 Å². The topological polar surface area (TPSA) is 51.2 Å². The predicted octanol–water partition coefficient (Wildman–Crippen LogP) is 4.09. The van der Waals surface area contributed by atoms with Gasteiger partial charge in [-0.05, 0) is 56.7 Å². The van der Waals surface area contributed by atoms with Crippen molar-refractivity contribution < 1.29 is 9.53 Å². The second kappa shape index (κ2) is 10.1. The van der Waals surface area contributed by atoms with Crippen molar-refractivity contribution in [3.63, 3.8) is 0 Å². The van der Waals surface area contributed by atoms with Crippen molar-refractivity contribution in [3.05, 3.63) is 65.5 Å². The standard InChI is InChI=1S/C21H24N2O2/c1-3-9-19-14-8-15-20(23-19)13-7-10-17(2)22-21(24)25-16-18-11-5-4-6-12-18/h4-6,8,11-12,14-15,17H,7,10,13,16H2,1-2H3,(H,22,24)/t17-/m0/s1. The molecule has 4 nitrogen and oxygen atoms in total. The molecule has 2 aromatic rings. The minimum absolute atomic E-state index is 0.0573. The Hall–Kier alpha value is -2.80. The Bertz CT molecular complexity index is 732. The summed E-state index contributed by atoms with van der Waals surface area (Å²) in [6.07, 6.45) is 2.29. The zero-order valence-electron chi connectivity index (χ0n) is 14.8. The maximum absolute atomic E-state index is 11.8. The Morgan fingerprint density at radius 1 is 1.20 bits per heavy atom. The molecule has 0 spiro atoms. The van der Waals surface area contributed by atoms with Gasteiger partial charge < -0.3 is 10.1 Å². The predicted molar refractivity (Wildman–Crippen MR) is 99.0 cm³/mol. The number of ether oxygens (including phenoxy) is 1. The zero-order chi connectivity index (χ0) is 17.9. The average Bonchev–Trinajstić information content (AvgIpc) is 2.61. The van der Waals surface area contributed by atoms with Gasteiger partial charge >= 0.3 is 6.09 Å². The van der Waals surface area contributed by atoms with E-state index in [1.165, 1.54) is 0 Å². The van der Waals surface area contributed by atoms with Crippen LogP contribution in [0.2, 0.25) is 0 Å². The van der Waals surface area contributed by atoms with Crippen LogP contribution in [0.25, 0.3) is 0 Å². The SMILES string of the molecule is CC#Cc1cccc(CCC[C@H](C)NC(=O)OCc2ccccc2)n1. The quantitative estimate of drug-likeness (QED) is 0.775. The molecule has 0 unspecified atom stereocenters. The Kier molecular flexibility index (Phi) is 7.52. The molecule has 1 aromatic heterocycles. The Morgan fingerprint density at radius 2 is 2.00 bits per heavy atom. The van der Waals surface area contributed by atoms with E-state index in [0.29, 0.717) is 0 Å². The summed E-state index contributed by atoms with van der Waals surface area (Å²) in [4.78, 5) is 16.3. The Balaban J connectivity index is 1.67. The first-order chi connectivity index (χ1) is 12.2. The summed E-state index contributed by atoms with van der Waals surface area (Å²) >= 11 is 0. The van der Waals surface area contributed by atoms with Crippen molar-refractivity contribution in [1.82, 2.24) is 10.3 Å². The van der Waals surface area contributed by atoms with Gasteiger partial charge in [0.2, 0.25) is 0 Å². The molecule has 0 aliphatic carbocycles.